The van der Waals surface area contributed by atoms with Crippen LogP contribution in [0, 0.1) is 11.3 Å². The fourth-order valence-corrected chi connectivity index (χ4v) is 1.60. The van der Waals surface area contributed by atoms with E-state index < -0.39 is 0 Å². The normalized spacial score (nSPS) is 9.50. The van der Waals surface area contributed by atoms with Gasteiger partial charge < -0.3 is 5.32 Å². The molecule has 0 aliphatic rings. The first-order chi connectivity index (χ1) is 6.83. The summed E-state index contributed by atoms with van der Waals surface area (Å²) < 4.78 is 0. The lowest BCUT2D eigenvalue weighted by atomic mass is 10.0. The molecule has 74 valence electrons. The third-order valence-electron chi connectivity index (χ3n) is 2.34. The van der Waals surface area contributed by atoms with Gasteiger partial charge in [-0.15, -0.1) is 0 Å². The molecule has 0 saturated heterocycles. The van der Waals surface area contributed by atoms with E-state index in [0.717, 1.165) is 18.5 Å². The van der Waals surface area contributed by atoms with Gasteiger partial charge >= 0.3 is 0 Å². The Hall–Kier alpha value is -1.49. The zero-order valence-corrected chi connectivity index (χ0v) is 8.80. The topological polar surface area (TPSA) is 35.8 Å². The smallest absolute Gasteiger partial charge is 0.103 e. The highest BCUT2D eigenvalue weighted by Gasteiger charge is 2.04. The minimum absolute atomic E-state index is 0.379. The minimum atomic E-state index is 0.379. The maximum absolute atomic E-state index is 8.54. The molecule has 0 radical (unpaired) electrons. The van der Waals surface area contributed by atoms with E-state index in [4.69, 9.17) is 5.26 Å². The number of nitriles is 1. The fourth-order valence-electron chi connectivity index (χ4n) is 1.60. The van der Waals surface area contributed by atoms with Crippen molar-refractivity contribution in [2.24, 2.45) is 0 Å². The summed E-state index contributed by atoms with van der Waals surface area (Å²) in [5.41, 5.74) is 3.73. The second-order valence-electron chi connectivity index (χ2n) is 3.17. The molecule has 1 aromatic carbocycles. The molecule has 2 heteroatoms. The van der Waals surface area contributed by atoms with Gasteiger partial charge in [-0.05, 0) is 24.0 Å². The Kier molecular flexibility index (Phi) is 4.00. The first kappa shape index (κ1) is 10.6. The van der Waals surface area contributed by atoms with Crippen molar-refractivity contribution in [1.29, 1.82) is 5.26 Å². The Bertz CT molecular complexity index is 314. The van der Waals surface area contributed by atoms with Crippen molar-refractivity contribution in [2.45, 2.75) is 26.7 Å². The molecule has 0 aromatic heterocycles. The fraction of sp³-hybridized carbons (Fsp3) is 0.417. The quantitative estimate of drug-likeness (QED) is 0.737. The Morgan fingerprint density at radius 2 is 1.79 bits per heavy atom. The molecular formula is C12H16N2. The molecule has 0 aliphatic heterocycles. The highest BCUT2D eigenvalue weighted by atomic mass is 14.9. The van der Waals surface area contributed by atoms with Crippen LogP contribution in [0.2, 0.25) is 0 Å². The van der Waals surface area contributed by atoms with Gasteiger partial charge in [0.05, 0.1) is 6.07 Å². The van der Waals surface area contributed by atoms with Gasteiger partial charge in [-0.25, -0.2) is 0 Å². The summed E-state index contributed by atoms with van der Waals surface area (Å²) in [6, 6.07) is 8.41. The van der Waals surface area contributed by atoms with E-state index in [1.807, 2.05) is 0 Å². The molecule has 0 aliphatic carbocycles. The number of para-hydroxylation sites is 1. The molecule has 0 fully saturated rings. The van der Waals surface area contributed by atoms with Crippen molar-refractivity contribution in [3.05, 3.63) is 29.3 Å². The largest absolute Gasteiger partial charge is 0.372 e. The second-order valence-corrected chi connectivity index (χ2v) is 3.17. The first-order valence-electron chi connectivity index (χ1n) is 5.05. The van der Waals surface area contributed by atoms with E-state index in [1.165, 1.54) is 11.1 Å². The lowest BCUT2D eigenvalue weighted by molar-refractivity contribution is 1.08. The number of rotatable bonds is 4. The van der Waals surface area contributed by atoms with Gasteiger partial charge in [-0.2, -0.15) is 5.26 Å². The van der Waals surface area contributed by atoms with Gasteiger partial charge in [0.15, 0.2) is 0 Å². The average molecular weight is 188 g/mol. The van der Waals surface area contributed by atoms with Gasteiger partial charge in [0.1, 0.15) is 6.54 Å². The van der Waals surface area contributed by atoms with Gasteiger partial charge in [0.2, 0.25) is 0 Å². The molecule has 2 nitrogen and oxygen atoms in total. The van der Waals surface area contributed by atoms with E-state index in [2.05, 4.69) is 43.4 Å². The van der Waals surface area contributed by atoms with Crippen molar-refractivity contribution in [3.63, 3.8) is 0 Å². The van der Waals surface area contributed by atoms with Crippen LogP contribution in [0.25, 0.3) is 0 Å². The molecule has 0 atom stereocenters. The maximum atomic E-state index is 8.54. The Morgan fingerprint density at radius 3 is 2.21 bits per heavy atom. The predicted octanol–water partition coefficient (Wildman–Crippen LogP) is 2.75. The van der Waals surface area contributed by atoms with Crippen molar-refractivity contribution in [2.75, 3.05) is 11.9 Å². The molecule has 1 aromatic rings. The molecule has 0 amide bonds. The van der Waals surface area contributed by atoms with Crippen LogP contribution in [-0.4, -0.2) is 6.54 Å². The number of nitrogens with zero attached hydrogens (tertiary/aromatic N) is 1. The zero-order chi connectivity index (χ0) is 10.4. The summed E-state index contributed by atoms with van der Waals surface area (Å²) in [6.45, 7) is 4.64. The molecule has 1 N–H and O–H groups in total. The highest BCUT2D eigenvalue weighted by molar-refractivity contribution is 5.58. The molecule has 1 rings (SSSR count). The van der Waals surface area contributed by atoms with Gasteiger partial charge in [-0.3, -0.25) is 0 Å². The Morgan fingerprint density at radius 1 is 1.21 bits per heavy atom. The van der Waals surface area contributed by atoms with Crippen LogP contribution in [0.1, 0.15) is 25.0 Å². The Labute approximate surface area is 85.6 Å². The third-order valence-corrected chi connectivity index (χ3v) is 2.34. The van der Waals surface area contributed by atoms with Gasteiger partial charge in [0, 0.05) is 5.69 Å². The predicted molar refractivity (Wildman–Crippen MR) is 59.3 cm³/mol. The van der Waals surface area contributed by atoms with Crippen molar-refractivity contribution >= 4 is 5.69 Å². The molecule has 0 heterocycles. The van der Waals surface area contributed by atoms with Crippen molar-refractivity contribution in [3.8, 4) is 6.07 Å². The average Bonchev–Trinajstić information content (AvgIpc) is 2.25. The van der Waals surface area contributed by atoms with Crippen LogP contribution in [-0.2, 0) is 12.8 Å². The third kappa shape index (κ3) is 2.26. The van der Waals surface area contributed by atoms with Crippen LogP contribution in [0.15, 0.2) is 18.2 Å². The Balaban J connectivity index is 3.00. The summed E-state index contributed by atoms with van der Waals surface area (Å²) >= 11 is 0. The summed E-state index contributed by atoms with van der Waals surface area (Å²) in [6.07, 6.45) is 2.00. The molecule has 0 unspecified atom stereocenters. The van der Waals surface area contributed by atoms with E-state index in [9.17, 15) is 0 Å². The van der Waals surface area contributed by atoms with E-state index in [-0.39, 0.29) is 0 Å². The van der Waals surface area contributed by atoms with Crippen LogP contribution >= 0.6 is 0 Å². The van der Waals surface area contributed by atoms with Crippen LogP contribution in [0.4, 0.5) is 5.69 Å². The van der Waals surface area contributed by atoms with Gasteiger partial charge in [-0.1, -0.05) is 32.0 Å². The maximum Gasteiger partial charge on any atom is 0.103 e. The monoisotopic (exact) mass is 188 g/mol. The molecule has 0 saturated carbocycles. The lowest BCUT2D eigenvalue weighted by Gasteiger charge is -2.12. The first-order valence-corrected chi connectivity index (χ1v) is 5.05. The number of hydrogen-bond acceptors (Lipinski definition) is 2. The summed E-state index contributed by atoms with van der Waals surface area (Å²) in [5, 5.41) is 11.7. The molecular weight excluding hydrogens is 172 g/mol. The SMILES string of the molecule is CCc1cccc(CC)c1NCC#N. The zero-order valence-electron chi connectivity index (χ0n) is 8.80. The van der Waals surface area contributed by atoms with E-state index in [1.54, 1.807) is 0 Å². The summed E-state index contributed by atoms with van der Waals surface area (Å²) in [5.74, 6) is 0. The molecule has 0 bridgehead atoms. The van der Waals surface area contributed by atoms with E-state index in [0.29, 0.717) is 6.54 Å². The molecule has 14 heavy (non-hydrogen) atoms. The number of hydrogen-bond donors (Lipinski definition) is 1. The van der Waals surface area contributed by atoms with Crippen LogP contribution in [0.3, 0.4) is 0 Å². The number of anilines is 1. The second kappa shape index (κ2) is 5.29. The minimum Gasteiger partial charge on any atom is -0.372 e. The van der Waals surface area contributed by atoms with Crippen molar-refractivity contribution < 1.29 is 0 Å². The van der Waals surface area contributed by atoms with Crippen LogP contribution in [0.5, 0.6) is 0 Å². The summed E-state index contributed by atoms with van der Waals surface area (Å²) in [7, 11) is 0. The number of aryl methyl sites for hydroxylation is 2. The lowest BCUT2D eigenvalue weighted by Crippen LogP contribution is -2.04. The van der Waals surface area contributed by atoms with E-state index >= 15 is 0 Å². The molecule has 0 spiro atoms. The number of nitrogens with one attached hydrogen (secondary N) is 1. The van der Waals surface area contributed by atoms with Gasteiger partial charge in [0.25, 0.3) is 0 Å². The highest BCUT2D eigenvalue weighted by Crippen LogP contribution is 2.21. The van der Waals surface area contributed by atoms with Crippen molar-refractivity contribution in [1.82, 2.24) is 0 Å². The summed E-state index contributed by atoms with van der Waals surface area (Å²) in [4.78, 5) is 0. The number of benzene rings is 1. The van der Waals surface area contributed by atoms with Crippen LogP contribution < -0.4 is 5.32 Å². The standard InChI is InChI=1S/C12H16N2/c1-3-10-6-5-7-11(4-2)12(10)14-9-8-13/h5-7,14H,3-4,9H2,1-2H3.